The van der Waals surface area contributed by atoms with Crippen LogP contribution in [0.1, 0.15) is 56.9 Å². The molecule has 8 nitrogen and oxygen atoms in total. The van der Waals surface area contributed by atoms with Crippen LogP contribution < -0.4 is 16.4 Å². The van der Waals surface area contributed by atoms with Gasteiger partial charge in [-0.1, -0.05) is 38.1 Å². The van der Waals surface area contributed by atoms with Crippen molar-refractivity contribution in [3.63, 3.8) is 0 Å². The van der Waals surface area contributed by atoms with E-state index in [-0.39, 0.29) is 28.4 Å². The zero-order valence-corrected chi connectivity index (χ0v) is 19.6. The molecule has 0 saturated heterocycles. The Hall–Kier alpha value is -4.46. The molecule has 0 aliphatic heterocycles. The van der Waals surface area contributed by atoms with E-state index in [2.05, 4.69) is 24.5 Å². The zero-order chi connectivity index (χ0) is 25.5. The Morgan fingerprint density at radius 1 is 0.886 bits per heavy atom. The highest BCUT2D eigenvalue weighted by Crippen LogP contribution is 2.29. The topological polar surface area (TPSA) is 145 Å². The van der Waals surface area contributed by atoms with Gasteiger partial charge in [0.15, 0.2) is 0 Å². The summed E-state index contributed by atoms with van der Waals surface area (Å²) in [5.74, 6) is -1.62. The smallest absolute Gasteiger partial charge is 0.336 e. The molecule has 0 aliphatic carbocycles. The van der Waals surface area contributed by atoms with Crippen LogP contribution in [0.5, 0.6) is 0 Å². The van der Waals surface area contributed by atoms with Crippen molar-refractivity contribution in [2.24, 2.45) is 11.7 Å². The lowest BCUT2D eigenvalue weighted by atomic mass is 9.93. The van der Waals surface area contributed by atoms with Gasteiger partial charge >= 0.3 is 5.97 Å². The molecule has 0 saturated carbocycles. The van der Waals surface area contributed by atoms with E-state index in [0.717, 1.165) is 6.42 Å². The van der Waals surface area contributed by atoms with Gasteiger partial charge in [0.1, 0.15) is 5.84 Å². The maximum absolute atomic E-state index is 13.1. The van der Waals surface area contributed by atoms with Gasteiger partial charge in [-0.25, -0.2) is 4.79 Å². The molecule has 0 atom stereocenters. The summed E-state index contributed by atoms with van der Waals surface area (Å²) < 4.78 is 0. The van der Waals surface area contributed by atoms with Gasteiger partial charge in [-0.3, -0.25) is 15.0 Å². The average Bonchev–Trinajstić information content (AvgIpc) is 2.83. The van der Waals surface area contributed by atoms with E-state index >= 15 is 0 Å². The van der Waals surface area contributed by atoms with Crippen molar-refractivity contribution >= 4 is 29.3 Å². The van der Waals surface area contributed by atoms with Crippen molar-refractivity contribution in [1.29, 1.82) is 5.41 Å². The second-order valence-corrected chi connectivity index (χ2v) is 8.49. The molecule has 0 radical (unpaired) electrons. The van der Waals surface area contributed by atoms with Crippen LogP contribution in [0.4, 0.5) is 5.69 Å². The van der Waals surface area contributed by atoms with E-state index in [1.165, 1.54) is 6.07 Å². The summed E-state index contributed by atoms with van der Waals surface area (Å²) in [5, 5.41) is 22.9. The first-order valence-corrected chi connectivity index (χ1v) is 11.2. The predicted octanol–water partition coefficient (Wildman–Crippen LogP) is 4.36. The molecule has 0 aliphatic rings. The number of carboxylic acids is 1. The standard InChI is InChI=1S/C27H28N4O4/c1-16(2)13-14-30-25(32)18-9-12-21(23(15-18)27(34)35)20-5-3-4-6-22(20)26(33)31-19-10-7-17(8-11-19)24(28)29/h3-12,15-16H,13-14H2,1-2H3,(H3,28,29)(H,30,32)(H,31,33)(H,34,35). The maximum Gasteiger partial charge on any atom is 0.336 e. The van der Waals surface area contributed by atoms with Crippen molar-refractivity contribution < 1.29 is 19.5 Å². The summed E-state index contributed by atoms with van der Waals surface area (Å²) in [6.45, 7) is 4.60. The first kappa shape index (κ1) is 25.2. The number of anilines is 1. The van der Waals surface area contributed by atoms with Crippen molar-refractivity contribution in [3.05, 3.63) is 89.0 Å². The molecule has 0 unspecified atom stereocenters. The van der Waals surface area contributed by atoms with Crippen LogP contribution in [0.25, 0.3) is 11.1 Å². The largest absolute Gasteiger partial charge is 0.478 e. The van der Waals surface area contributed by atoms with Gasteiger partial charge in [0.05, 0.1) is 5.56 Å². The zero-order valence-electron chi connectivity index (χ0n) is 19.6. The molecule has 8 heteroatoms. The quantitative estimate of drug-likeness (QED) is 0.232. The molecule has 3 aromatic carbocycles. The molecule has 3 aromatic rings. The lowest BCUT2D eigenvalue weighted by Crippen LogP contribution is -2.25. The fraction of sp³-hybridized carbons (Fsp3) is 0.185. The summed E-state index contributed by atoms with van der Waals surface area (Å²) in [6.07, 6.45) is 0.815. The Balaban J connectivity index is 1.91. The Morgan fingerprint density at radius 2 is 1.51 bits per heavy atom. The van der Waals surface area contributed by atoms with Crippen molar-refractivity contribution in [1.82, 2.24) is 5.32 Å². The normalized spacial score (nSPS) is 10.6. The van der Waals surface area contributed by atoms with Crippen LogP contribution in [-0.2, 0) is 0 Å². The average molecular weight is 473 g/mol. The number of hydrogen-bond donors (Lipinski definition) is 5. The maximum atomic E-state index is 13.1. The van der Waals surface area contributed by atoms with Crippen molar-refractivity contribution in [3.8, 4) is 11.1 Å². The number of carbonyl (C=O) groups is 3. The molecule has 0 aromatic heterocycles. The fourth-order valence-electron chi connectivity index (χ4n) is 3.52. The van der Waals surface area contributed by atoms with Gasteiger partial charge in [-0.15, -0.1) is 0 Å². The Bertz CT molecular complexity index is 1270. The fourth-order valence-corrected chi connectivity index (χ4v) is 3.52. The highest BCUT2D eigenvalue weighted by atomic mass is 16.4. The molecule has 0 bridgehead atoms. The molecular weight excluding hydrogens is 444 g/mol. The van der Waals surface area contributed by atoms with Crippen LogP contribution in [0.3, 0.4) is 0 Å². The van der Waals surface area contributed by atoms with Crippen molar-refractivity contribution in [2.75, 3.05) is 11.9 Å². The molecular formula is C27H28N4O4. The molecule has 6 N–H and O–H groups in total. The van der Waals surface area contributed by atoms with E-state index in [1.807, 2.05) is 0 Å². The highest BCUT2D eigenvalue weighted by molar-refractivity contribution is 6.11. The van der Waals surface area contributed by atoms with Gasteiger partial charge in [0, 0.05) is 28.9 Å². The van der Waals surface area contributed by atoms with Crippen LogP contribution in [-0.4, -0.2) is 35.3 Å². The highest BCUT2D eigenvalue weighted by Gasteiger charge is 2.20. The minimum atomic E-state index is -1.20. The number of nitrogen functional groups attached to an aromatic ring is 1. The Labute approximate surface area is 203 Å². The molecule has 3 rings (SSSR count). The SMILES string of the molecule is CC(C)CCNC(=O)c1ccc(-c2ccccc2C(=O)Nc2ccc(C(=N)N)cc2)c(C(=O)O)c1. The van der Waals surface area contributed by atoms with Gasteiger partial charge in [0.2, 0.25) is 0 Å². The number of carbonyl (C=O) groups excluding carboxylic acids is 2. The minimum absolute atomic E-state index is 0.0763. The van der Waals surface area contributed by atoms with Crippen LogP contribution in [0, 0.1) is 11.3 Å². The number of rotatable bonds is 9. The first-order chi connectivity index (χ1) is 16.7. The number of nitrogens with one attached hydrogen (secondary N) is 3. The molecule has 180 valence electrons. The van der Waals surface area contributed by atoms with Crippen LogP contribution in [0.15, 0.2) is 66.7 Å². The molecule has 0 spiro atoms. The third-order valence-corrected chi connectivity index (χ3v) is 5.44. The number of amides is 2. The summed E-state index contributed by atoms with van der Waals surface area (Å²) in [6, 6.07) is 17.6. The van der Waals surface area contributed by atoms with Crippen LogP contribution in [0.2, 0.25) is 0 Å². The van der Waals surface area contributed by atoms with E-state index in [9.17, 15) is 19.5 Å². The number of amidine groups is 1. The second-order valence-electron chi connectivity index (χ2n) is 8.49. The lowest BCUT2D eigenvalue weighted by Gasteiger charge is -2.14. The number of nitrogens with two attached hydrogens (primary N) is 1. The molecule has 0 fully saturated rings. The number of benzene rings is 3. The van der Waals surface area contributed by atoms with Crippen molar-refractivity contribution in [2.45, 2.75) is 20.3 Å². The van der Waals surface area contributed by atoms with Gasteiger partial charge in [-0.2, -0.15) is 0 Å². The summed E-state index contributed by atoms with van der Waals surface area (Å²) in [5.41, 5.74) is 7.69. The summed E-state index contributed by atoms with van der Waals surface area (Å²) >= 11 is 0. The third kappa shape index (κ3) is 6.32. The van der Waals surface area contributed by atoms with E-state index in [1.54, 1.807) is 60.7 Å². The predicted molar refractivity (Wildman–Crippen MR) is 136 cm³/mol. The molecule has 35 heavy (non-hydrogen) atoms. The van der Waals surface area contributed by atoms with E-state index in [4.69, 9.17) is 11.1 Å². The summed E-state index contributed by atoms with van der Waals surface area (Å²) in [7, 11) is 0. The first-order valence-electron chi connectivity index (χ1n) is 11.2. The Morgan fingerprint density at radius 3 is 2.14 bits per heavy atom. The number of hydrogen-bond acceptors (Lipinski definition) is 4. The van der Waals surface area contributed by atoms with E-state index in [0.29, 0.717) is 34.8 Å². The van der Waals surface area contributed by atoms with Gasteiger partial charge < -0.3 is 21.5 Å². The second kappa shape index (κ2) is 11.1. The summed E-state index contributed by atoms with van der Waals surface area (Å²) in [4.78, 5) is 37.6. The van der Waals surface area contributed by atoms with E-state index < -0.39 is 11.9 Å². The van der Waals surface area contributed by atoms with Gasteiger partial charge in [-0.05, 0) is 65.9 Å². The number of carboxylic acid groups (broad SMARTS) is 1. The third-order valence-electron chi connectivity index (χ3n) is 5.44. The van der Waals surface area contributed by atoms with Gasteiger partial charge in [0.25, 0.3) is 11.8 Å². The molecule has 2 amide bonds. The number of aromatic carboxylic acids is 1. The lowest BCUT2D eigenvalue weighted by molar-refractivity contribution is 0.0697. The Kier molecular flexibility index (Phi) is 7.99. The monoisotopic (exact) mass is 472 g/mol. The molecule has 0 heterocycles. The van der Waals surface area contributed by atoms with Crippen LogP contribution >= 0.6 is 0 Å². The minimum Gasteiger partial charge on any atom is -0.478 e.